The van der Waals surface area contributed by atoms with Crippen molar-refractivity contribution in [2.75, 3.05) is 0 Å². The molecule has 0 aliphatic rings. The first-order chi connectivity index (χ1) is 7.41. The highest BCUT2D eigenvalue weighted by Gasteiger charge is 2.20. The summed E-state index contributed by atoms with van der Waals surface area (Å²) in [6.45, 7) is 0. The fraction of sp³-hybridized carbons (Fsp3) is 0. The number of nitrogens with zero attached hydrogens (tertiary/aromatic N) is 1. The summed E-state index contributed by atoms with van der Waals surface area (Å²) in [6.07, 6.45) is 1.66. The minimum absolute atomic E-state index is 0.360. The lowest BCUT2D eigenvalue weighted by molar-refractivity contribution is -0.387. The van der Waals surface area contributed by atoms with Gasteiger partial charge in [0.05, 0.1) is 10.5 Å². The third-order valence-corrected chi connectivity index (χ3v) is 1.67. The third kappa shape index (κ3) is 2.59. The van der Waals surface area contributed by atoms with Gasteiger partial charge in [-0.15, -0.1) is 0 Å². The molecule has 0 aromatic heterocycles. The molecule has 0 atom stereocenters. The summed E-state index contributed by atoms with van der Waals surface area (Å²) in [7, 11) is 0. The van der Waals surface area contributed by atoms with Gasteiger partial charge in [-0.25, -0.2) is 4.39 Å². The van der Waals surface area contributed by atoms with Crippen molar-refractivity contribution in [3.8, 4) is 0 Å². The van der Waals surface area contributed by atoms with Crippen molar-refractivity contribution in [2.24, 2.45) is 5.73 Å². The lowest BCUT2D eigenvalue weighted by Crippen LogP contribution is -2.05. The molecule has 1 amide bonds. The fourth-order valence-corrected chi connectivity index (χ4v) is 1.08. The first-order valence-corrected chi connectivity index (χ1v) is 4.02. The van der Waals surface area contributed by atoms with Crippen LogP contribution in [0.1, 0.15) is 5.56 Å². The zero-order valence-electron chi connectivity index (χ0n) is 7.81. The number of hydrogen-bond acceptors (Lipinski definition) is 3. The molecule has 0 saturated carbocycles. The second-order valence-electron chi connectivity index (χ2n) is 2.82. The first-order valence-electron chi connectivity index (χ1n) is 4.02. The van der Waals surface area contributed by atoms with Crippen LogP contribution in [0.5, 0.6) is 0 Å². The van der Waals surface area contributed by atoms with Gasteiger partial charge in [0.25, 0.3) is 0 Å². The van der Waals surface area contributed by atoms with Gasteiger partial charge in [-0.3, -0.25) is 14.9 Å². The number of amides is 1. The Balaban J connectivity index is 3.35. The average Bonchev–Trinajstić information content (AvgIpc) is 2.12. The van der Waals surface area contributed by atoms with Gasteiger partial charge in [0.15, 0.2) is 0 Å². The van der Waals surface area contributed by atoms with Crippen molar-refractivity contribution in [3.05, 3.63) is 45.5 Å². The van der Waals surface area contributed by atoms with Crippen LogP contribution in [0.25, 0.3) is 6.08 Å². The van der Waals surface area contributed by atoms with Crippen LogP contribution in [-0.4, -0.2) is 10.8 Å². The van der Waals surface area contributed by atoms with E-state index in [9.17, 15) is 23.7 Å². The van der Waals surface area contributed by atoms with Gasteiger partial charge in [0.1, 0.15) is 5.82 Å². The molecular formula is C9H6F2N2O3. The van der Waals surface area contributed by atoms with E-state index in [0.29, 0.717) is 6.07 Å². The summed E-state index contributed by atoms with van der Waals surface area (Å²) in [5, 5.41) is 10.5. The van der Waals surface area contributed by atoms with E-state index in [4.69, 9.17) is 5.73 Å². The first kappa shape index (κ1) is 11.8. The SMILES string of the molecule is NC(=O)C=Cc1cc(F)cc(F)c1[N+](=O)[O-]. The molecule has 7 heteroatoms. The number of carbonyl (C=O) groups is 1. The second kappa shape index (κ2) is 4.47. The van der Waals surface area contributed by atoms with Gasteiger partial charge in [-0.2, -0.15) is 4.39 Å². The number of nitrogens with two attached hydrogens (primary N) is 1. The lowest BCUT2D eigenvalue weighted by Gasteiger charge is -1.99. The van der Waals surface area contributed by atoms with Crippen molar-refractivity contribution in [3.63, 3.8) is 0 Å². The highest BCUT2D eigenvalue weighted by Crippen LogP contribution is 2.25. The quantitative estimate of drug-likeness (QED) is 0.481. The Hall–Kier alpha value is -2.31. The minimum Gasteiger partial charge on any atom is -0.366 e. The Labute approximate surface area is 88.3 Å². The molecule has 2 N–H and O–H groups in total. The lowest BCUT2D eigenvalue weighted by atomic mass is 10.1. The normalized spacial score (nSPS) is 10.6. The summed E-state index contributed by atoms with van der Waals surface area (Å²) >= 11 is 0. The molecule has 0 radical (unpaired) electrons. The van der Waals surface area contributed by atoms with E-state index in [0.717, 1.165) is 18.2 Å². The molecule has 0 unspecified atom stereocenters. The summed E-state index contributed by atoms with van der Waals surface area (Å²) < 4.78 is 25.8. The van der Waals surface area contributed by atoms with E-state index in [-0.39, 0.29) is 5.56 Å². The molecule has 0 bridgehead atoms. The van der Waals surface area contributed by atoms with Crippen LogP contribution < -0.4 is 5.73 Å². The molecule has 5 nitrogen and oxygen atoms in total. The number of hydrogen-bond donors (Lipinski definition) is 1. The van der Waals surface area contributed by atoms with Gasteiger partial charge in [-0.1, -0.05) is 0 Å². The molecule has 0 saturated heterocycles. The Morgan fingerprint density at radius 2 is 2.06 bits per heavy atom. The van der Waals surface area contributed by atoms with Crippen LogP contribution in [0.2, 0.25) is 0 Å². The predicted molar refractivity (Wildman–Crippen MR) is 51.2 cm³/mol. The molecule has 1 aromatic rings. The van der Waals surface area contributed by atoms with E-state index >= 15 is 0 Å². The van der Waals surface area contributed by atoms with E-state index < -0.39 is 28.2 Å². The Morgan fingerprint density at radius 3 is 2.56 bits per heavy atom. The molecule has 0 spiro atoms. The number of benzene rings is 1. The Kier molecular flexibility index (Phi) is 3.29. The van der Waals surface area contributed by atoms with E-state index in [1.165, 1.54) is 0 Å². The van der Waals surface area contributed by atoms with Crippen LogP contribution in [0.3, 0.4) is 0 Å². The number of nitro groups is 1. The number of rotatable bonds is 3. The average molecular weight is 228 g/mol. The Bertz CT molecular complexity index is 486. The van der Waals surface area contributed by atoms with Gasteiger partial charge < -0.3 is 5.73 Å². The topological polar surface area (TPSA) is 86.2 Å². The van der Waals surface area contributed by atoms with E-state index in [2.05, 4.69) is 0 Å². The summed E-state index contributed by atoms with van der Waals surface area (Å²) in [6, 6.07) is 1.13. The van der Waals surface area contributed by atoms with E-state index in [1.54, 1.807) is 0 Å². The van der Waals surface area contributed by atoms with Crippen LogP contribution >= 0.6 is 0 Å². The van der Waals surface area contributed by atoms with Crippen LogP contribution in [-0.2, 0) is 4.79 Å². The van der Waals surface area contributed by atoms with Gasteiger partial charge in [0, 0.05) is 12.1 Å². The Morgan fingerprint density at radius 1 is 1.44 bits per heavy atom. The maximum absolute atomic E-state index is 13.1. The van der Waals surface area contributed by atoms with Crippen molar-refractivity contribution in [1.29, 1.82) is 0 Å². The predicted octanol–water partition coefficient (Wildman–Crippen LogP) is 1.37. The second-order valence-corrected chi connectivity index (χ2v) is 2.82. The minimum atomic E-state index is -1.31. The van der Waals surface area contributed by atoms with Gasteiger partial charge >= 0.3 is 5.69 Å². The number of primary amides is 1. The number of halogens is 2. The van der Waals surface area contributed by atoms with Crippen LogP contribution in [0.15, 0.2) is 18.2 Å². The van der Waals surface area contributed by atoms with Crippen LogP contribution in [0, 0.1) is 21.7 Å². The highest BCUT2D eigenvalue weighted by atomic mass is 19.1. The summed E-state index contributed by atoms with van der Waals surface area (Å²) in [5.41, 5.74) is 3.50. The monoisotopic (exact) mass is 228 g/mol. The van der Waals surface area contributed by atoms with Crippen LogP contribution in [0.4, 0.5) is 14.5 Å². The largest absolute Gasteiger partial charge is 0.366 e. The zero-order chi connectivity index (χ0) is 12.3. The van der Waals surface area contributed by atoms with Gasteiger partial charge in [-0.05, 0) is 12.1 Å². The molecule has 16 heavy (non-hydrogen) atoms. The molecule has 0 fully saturated rings. The molecule has 1 rings (SSSR count). The summed E-state index contributed by atoms with van der Waals surface area (Å²) in [4.78, 5) is 19.9. The molecule has 84 valence electrons. The maximum atomic E-state index is 13.1. The molecule has 0 aliphatic carbocycles. The highest BCUT2D eigenvalue weighted by molar-refractivity contribution is 5.90. The summed E-state index contributed by atoms with van der Waals surface area (Å²) in [5.74, 6) is -3.17. The standard InChI is InChI=1S/C9H6F2N2O3/c10-6-3-5(1-2-8(12)14)9(13(15)16)7(11)4-6/h1-4H,(H2,12,14). The third-order valence-electron chi connectivity index (χ3n) is 1.67. The molecule has 0 heterocycles. The van der Waals surface area contributed by atoms with Gasteiger partial charge in [0.2, 0.25) is 11.7 Å². The number of nitro benzene ring substituents is 1. The van der Waals surface area contributed by atoms with E-state index in [1.807, 2.05) is 0 Å². The van der Waals surface area contributed by atoms with Crippen molar-refractivity contribution >= 4 is 17.7 Å². The smallest absolute Gasteiger partial charge is 0.312 e. The zero-order valence-corrected chi connectivity index (χ0v) is 7.81. The number of carbonyl (C=O) groups excluding carboxylic acids is 1. The molecule has 1 aromatic carbocycles. The fourth-order valence-electron chi connectivity index (χ4n) is 1.08. The molecular weight excluding hydrogens is 222 g/mol. The van der Waals surface area contributed by atoms with Crippen molar-refractivity contribution in [2.45, 2.75) is 0 Å². The molecule has 0 aliphatic heterocycles. The maximum Gasteiger partial charge on any atom is 0.312 e. The van der Waals surface area contributed by atoms with Crippen molar-refractivity contribution < 1.29 is 18.5 Å². The van der Waals surface area contributed by atoms with Crippen molar-refractivity contribution in [1.82, 2.24) is 0 Å².